The summed E-state index contributed by atoms with van der Waals surface area (Å²) in [4.78, 5) is 9.58. The van der Waals surface area contributed by atoms with Crippen molar-refractivity contribution in [3.63, 3.8) is 0 Å². The molecular formula is C12H11N5S. The van der Waals surface area contributed by atoms with Crippen LogP contribution in [0.5, 0.6) is 0 Å². The molecule has 18 heavy (non-hydrogen) atoms. The number of anilines is 1. The first kappa shape index (κ1) is 10.9. The van der Waals surface area contributed by atoms with E-state index in [4.69, 9.17) is 0 Å². The van der Waals surface area contributed by atoms with Gasteiger partial charge in [0.25, 0.3) is 0 Å². The zero-order chi connectivity index (χ0) is 12.2. The zero-order valence-corrected chi connectivity index (χ0v) is 10.3. The number of hydrogen-bond acceptors (Lipinski definition) is 5. The lowest BCUT2D eigenvalue weighted by Crippen LogP contribution is -2.01. The molecule has 0 unspecified atom stereocenters. The number of thiazole rings is 1. The average molecular weight is 257 g/mol. The summed E-state index contributed by atoms with van der Waals surface area (Å²) in [6.45, 7) is 0.771. The van der Waals surface area contributed by atoms with Gasteiger partial charge in [0.2, 0.25) is 0 Å². The Morgan fingerprint density at radius 3 is 2.94 bits per heavy atom. The van der Waals surface area contributed by atoms with Crippen molar-refractivity contribution < 1.29 is 0 Å². The Balaban J connectivity index is 1.68. The lowest BCUT2D eigenvalue weighted by molar-refractivity contribution is 0.847. The number of nitrogens with one attached hydrogen (secondary N) is 1. The molecule has 3 aromatic heterocycles. The third kappa shape index (κ3) is 2.38. The largest absolute Gasteiger partial charge is 0.379 e. The molecule has 1 N–H and O–H groups in total. The summed E-state index contributed by atoms with van der Waals surface area (Å²) in [5, 5.41) is 7.43. The molecular weight excluding hydrogens is 246 g/mol. The van der Waals surface area contributed by atoms with Crippen LogP contribution in [0, 0.1) is 0 Å². The van der Waals surface area contributed by atoms with E-state index in [1.54, 1.807) is 28.4 Å². The molecule has 0 amide bonds. The highest BCUT2D eigenvalue weighted by atomic mass is 32.1. The molecule has 0 aliphatic heterocycles. The van der Waals surface area contributed by atoms with E-state index in [9.17, 15) is 0 Å². The molecule has 0 aliphatic carbocycles. The second-order valence-corrected chi connectivity index (χ2v) is 4.65. The Morgan fingerprint density at radius 2 is 2.28 bits per heavy atom. The molecule has 0 radical (unpaired) electrons. The monoisotopic (exact) mass is 257 g/mol. The number of aromatic nitrogens is 4. The standard InChI is InChI=1S/C12H11N5S/c1-4-16-17(5-1)12-3-2-10(6-15-12)14-8-11-7-13-9-18-11/h1-7,9,14H,8H2. The van der Waals surface area contributed by atoms with E-state index in [0.717, 1.165) is 18.1 Å². The Labute approximate surface area is 108 Å². The van der Waals surface area contributed by atoms with E-state index < -0.39 is 0 Å². The first-order valence-corrected chi connectivity index (χ1v) is 6.37. The van der Waals surface area contributed by atoms with Crippen molar-refractivity contribution in [3.05, 3.63) is 53.4 Å². The highest BCUT2D eigenvalue weighted by Crippen LogP contribution is 2.12. The van der Waals surface area contributed by atoms with E-state index in [2.05, 4.69) is 20.4 Å². The van der Waals surface area contributed by atoms with E-state index in [1.165, 1.54) is 4.88 Å². The Bertz CT molecular complexity index is 586. The highest BCUT2D eigenvalue weighted by Gasteiger charge is 1.99. The summed E-state index contributed by atoms with van der Waals surface area (Å²) in [6.07, 6.45) is 7.27. The van der Waals surface area contributed by atoms with Gasteiger partial charge in [0.1, 0.15) is 0 Å². The van der Waals surface area contributed by atoms with Crippen LogP contribution >= 0.6 is 11.3 Å². The molecule has 0 saturated carbocycles. The maximum Gasteiger partial charge on any atom is 0.153 e. The molecule has 3 heterocycles. The minimum absolute atomic E-state index is 0.771. The normalized spacial score (nSPS) is 10.4. The predicted molar refractivity (Wildman–Crippen MR) is 70.8 cm³/mol. The molecule has 0 bridgehead atoms. The van der Waals surface area contributed by atoms with Crippen LogP contribution < -0.4 is 5.32 Å². The van der Waals surface area contributed by atoms with Gasteiger partial charge in [-0.05, 0) is 18.2 Å². The average Bonchev–Trinajstić information content (AvgIpc) is 3.10. The van der Waals surface area contributed by atoms with Crippen molar-refractivity contribution in [2.75, 3.05) is 5.32 Å². The maximum atomic E-state index is 4.35. The van der Waals surface area contributed by atoms with Crippen LogP contribution in [-0.4, -0.2) is 19.7 Å². The van der Waals surface area contributed by atoms with Crippen molar-refractivity contribution in [2.24, 2.45) is 0 Å². The van der Waals surface area contributed by atoms with Crippen LogP contribution in [-0.2, 0) is 6.54 Å². The van der Waals surface area contributed by atoms with Crippen LogP contribution in [0.2, 0.25) is 0 Å². The van der Waals surface area contributed by atoms with Gasteiger partial charge in [0.05, 0.1) is 23.9 Å². The van der Waals surface area contributed by atoms with Gasteiger partial charge in [-0.2, -0.15) is 5.10 Å². The summed E-state index contributed by atoms with van der Waals surface area (Å²) in [6, 6.07) is 5.80. The van der Waals surface area contributed by atoms with Crippen molar-refractivity contribution in [3.8, 4) is 5.82 Å². The maximum absolute atomic E-state index is 4.35. The summed E-state index contributed by atoms with van der Waals surface area (Å²) < 4.78 is 1.73. The van der Waals surface area contributed by atoms with Crippen LogP contribution in [0.1, 0.15) is 4.88 Å². The molecule has 0 spiro atoms. The van der Waals surface area contributed by atoms with Crippen LogP contribution in [0.4, 0.5) is 5.69 Å². The fourth-order valence-corrected chi connectivity index (χ4v) is 2.08. The van der Waals surface area contributed by atoms with E-state index in [1.807, 2.05) is 36.1 Å². The second kappa shape index (κ2) is 4.97. The Morgan fingerprint density at radius 1 is 1.28 bits per heavy atom. The SMILES string of the molecule is c1cnn(-c2ccc(NCc3cncs3)cn2)c1. The van der Waals surface area contributed by atoms with E-state index >= 15 is 0 Å². The Hall–Kier alpha value is -2.21. The molecule has 5 nitrogen and oxygen atoms in total. The van der Waals surface area contributed by atoms with Gasteiger partial charge in [0, 0.05) is 23.5 Å². The topological polar surface area (TPSA) is 55.6 Å². The first-order valence-electron chi connectivity index (χ1n) is 5.49. The number of hydrogen-bond donors (Lipinski definition) is 1. The quantitative estimate of drug-likeness (QED) is 0.779. The zero-order valence-electron chi connectivity index (χ0n) is 9.52. The molecule has 3 aromatic rings. The van der Waals surface area contributed by atoms with Gasteiger partial charge in [-0.15, -0.1) is 11.3 Å². The summed E-state index contributed by atoms with van der Waals surface area (Å²) in [5.41, 5.74) is 2.81. The molecule has 0 aromatic carbocycles. The van der Waals surface area contributed by atoms with E-state index in [-0.39, 0.29) is 0 Å². The fraction of sp³-hybridized carbons (Fsp3) is 0.0833. The van der Waals surface area contributed by atoms with Gasteiger partial charge in [0.15, 0.2) is 5.82 Å². The summed E-state index contributed by atoms with van der Waals surface area (Å²) >= 11 is 1.64. The third-order valence-corrected chi connectivity index (χ3v) is 3.22. The van der Waals surface area contributed by atoms with Gasteiger partial charge in [-0.3, -0.25) is 4.98 Å². The predicted octanol–water partition coefficient (Wildman–Crippen LogP) is 2.34. The highest BCUT2D eigenvalue weighted by molar-refractivity contribution is 7.09. The molecule has 0 saturated heterocycles. The van der Waals surface area contributed by atoms with Crippen molar-refractivity contribution in [2.45, 2.75) is 6.54 Å². The molecule has 0 fully saturated rings. The number of pyridine rings is 1. The molecule has 90 valence electrons. The van der Waals surface area contributed by atoms with Crippen LogP contribution in [0.3, 0.4) is 0 Å². The van der Waals surface area contributed by atoms with Crippen molar-refractivity contribution >= 4 is 17.0 Å². The van der Waals surface area contributed by atoms with Gasteiger partial charge in [-0.25, -0.2) is 9.67 Å². The number of nitrogens with zero attached hydrogens (tertiary/aromatic N) is 4. The lowest BCUT2D eigenvalue weighted by Gasteiger charge is -2.05. The van der Waals surface area contributed by atoms with Gasteiger partial charge >= 0.3 is 0 Å². The molecule has 0 aliphatic rings. The van der Waals surface area contributed by atoms with Crippen molar-refractivity contribution in [1.29, 1.82) is 0 Å². The summed E-state index contributed by atoms with van der Waals surface area (Å²) in [7, 11) is 0. The van der Waals surface area contributed by atoms with Crippen LogP contribution in [0.15, 0.2) is 48.5 Å². The van der Waals surface area contributed by atoms with Crippen molar-refractivity contribution in [1.82, 2.24) is 19.7 Å². The fourth-order valence-electron chi connectivity index (χ4n) is 1.55. The molecule has 6 heteroatoms. The van der Waals surface area contributed by atoms with Crippen LogP contribution in [0.25, 0.3) is 5.82 Å². The smallest absolute Gasteiger partial charge is 0.153 e. The number of rotatable bonds is 4. The lowest BCUT2D eigenvalue weighted by atomic mass is 10.4. The minimum atomic E-state index is 0.771. The van der Waals surface area contributed by atoms with Gasteiger partial charge < -0.3 is 5.32 Å². The third-order valence-electron chi connectivity index (χ3n) is 2.44. The first-order chi connectivity index (χ1) is 8.92. The van der Waals surface area contributed by atoms with Gasteiger partial charge in [-0.1, -0.05) is 0 Å². The molecule has 0 atom stereocenters. The minimum Gasteiger partial charge on any atom is -0.379 e. The second-order valence-electron chi connectivity index (χ2n) is 3.68. The Kier molecular flexibility index (Phi) is 3.01. The molecule has 3 rings (SSSR count). The summed E-state index contributed by atoms with van der Waals surface area (Å²) in [5.74, 6) is 0.809. The van der Waals surface area contributed by atoms with E-state index in [0.29, 0.717) is 0 Å².